The Bertz CT molecular complexity index is 1250. The first kappa shape index (κ1) is 21.5. The van der Waals surface area contributed by atoms with Crippen molar-refractivity contribution in [2.75, 3.05) is 12.0 Å². The van der Waals surface area contributed by atoms with E-state index in [2.05, 4.69) is 40.6 Å². The van der Waals surface area contributed by atoms with E-state index in [-0.39, 0.29) is 5.69 Å². The Kier molecular flexibility index (Phi) is 6.72. The van der Waals surface area contributed by atoms with Crippen LogP contribution >= 0.6 is 11.3 Å². The smallest absolute Gasteiger partial charge is 0.269 e. The molecule has 0 radical (unpaired) electrons. The molecule has 0 saturated heterocycles. The van der Waals surface area contributed by atoms with Crippen molar-refractivity contribution < 1.29 is 9.66 Å². The molecule has 1 heterocycles. The number of nitro groups is 1. The monoisotopic (exact) mass is 446 g/mol. The van der Waals surface area contributed by atoms with Crippen molar-refractivity contribution in [3.05, 3.63) is 81.7 Å². The van der Waals surface area contributed by atoms with E-state index in [4.69, 9.17) is 4.74 Å². The quantitative estimate of drug-likeness (QED) is 0.137. The molecule has 4 aromatic rings. The summed E-state index contributed by atoms with van der Waals surface area (Å²) < 4.78 is 6.00. The maximum atomic E-state index is 10.8. The Morgan fingerprint density at radius 3 is 2.75 bits per heavy atom. The van der Waals surface area contributed by atoms with E-state index in [1.807, 2.05) is 23.6 Å². The van der Waals surface area contributed by atoms with Crippen LogP contribution in [-0.4, -0.2) is 22.7 Å². The summed E-state index contributed by atoms with van der Waals surface area (Å²) >= 11 is 1.41. The molecule has 0 spiro atoms. The van der Waals surface area contributed by atoms with Crippen molar-refractivity contribution in [1.82, 2.24) is 4.98 Å². The van der Waals surface area contributed by atoms with Crippen LogP contribution < -0.4 is 10.2 Å². The number of ether oxygens (including phenoxy) is 1. The van der Waals surface area contributed by atoms with Crippen molar-refractivity contribution in [3.63, 3.8) is 0 Å². The first-order valence-corrected chi connectivity index (χ1v) is 11.2. The number of hydrogen-bond donors (Lipinski definition) is 1. The van der Waals surface area contributed by atoms with Gasteiger partial charge in [0.05, 0.1) is 23.4 Å². The normalized spacial score (nSPS) is 11.2. The second-order valence-corrected chi connectivity index (χ2v) is 7.97. The molecule has 32 heavy (non-hydrogen) atoms. The van der Waals surface area contributed by atoms with E-state index >= 15 is 0 Å². The van der Waals surface area contributed by atoms with Gasteiger partial charge in [0.1, 0.15) is 5.75 Å². The second kappa shape index (κ2) is 10.0. The van der Waals surface area contributed by atoms with E-state index in [1.54, 1.807) is 18.3 Å². The number of nitro benzene ring substituents is 1. The molecule has 0 unspecified atom stereocenters. The molecule has 1 N–H and O–H groups in total. The minimum absolute atomic E-state index is 0.0546. The number of anilines is 1. The molecule has 0 atom stereocenters. The average molecular weight is 447 g/mol. The van der Waals surface area contributed by atoms with Crippen molar-refractivity contribution in [2.45, 2.75) is 19.8 Å². The topological polar surface area (TPSA) is 89.7 Å². The van der Waals surface area contributed by atoms with E-state index in [9.17, 15) is 10.1 Å². The van der Waals surface area contributed by atoms with Crippen LogP contribution in [0.2, 0.25) is 0 Å². The molecule has 0 aliphatic carbocycles. The molecule has 4 rings (SSSR count). The lowest BCUT2D eigenvalue weighted by atomic mass is 10.0. The van der Waals surface area contributed by atoms with Gasteiger partial charge >= 0.3 is 0 Å². The number of nitrogens with zero attached hydrogens (tertiary/aromatic N) is 3. The lowest BCUT2D eigenvalue weighted by Crippen LogP contribution is -2.01. The zero-order valence-electron chi connectivity index (χ0n) is 17.5. The van der Waals surface area contributed by atoms with Crippen LogP contribution in [-0.2, 0) is 0 Å². The Balaban J connectivity index is 1.52. The summed E-state index contributed by atoms with van der Waals surface area (Å²) in [7, 11) is 0. The van der Waals surface area contributed by atoms with Gasteiger partial charge in [-0.05, 0) is 35.4 Å². The minimum Gasteiger partial charge on any atom is -0.493 e. The summed E-state index contributed by atoms with van der Waals surface area (Å²) in [5.74, 6) is 0.799. The van der Waals surface area contributed by atoms with Crippen LogP contribution in [0.1, 0.15) is 25.3 Å². The number of non-ortho nitro benzene ring substituents is 1. The minimum atomic E-state index is -0.417. The highest BCUT2D eigenvalue weighted by atomic mass is 32.1. The van der Waals surface area contributed by atoms with Gasteiger partial charge in [-0.25, -0.2) is 4.98 Å². The van der Waals surface area contributed by atoms with Gasteiger partial charge in [-0.15, -0.1) is 11.3 Å². The first-order valence-electron chi connectivity index (χ1n) is 10.3. The summed E-state index contributed by atoms with van der Waals surface area (Å²) in [5.41, 5.74) is 5.50. The van der Waals surface area contributed by atoms with Gasteiger partial charge < -0.3 is 4.74 Å². The number of nitrogens with one attached hydrogen (secondary N) is 1. The molecule has 0 aliphatic rings. The summed E-state index contributed by atoms with van der Waals surface area (Å²) in [5, 5.41) is 19.9. The van der Waals surface area contributed by atoms with Gasteiger partial charge in [0.2, 0.25) is 5.13 Å². The van der Waals surface area contributed by atoms with Crippen LogP contribution in [0.5, 0.6) is 5.75 Å². The van der Waals surface area contributed by atoms with Crippen LogP contribution in [0.25, 0.3) is 22.0 Å². The first-order chi connectivity index (χ1) is 15.7. The molecule has 7 nitrogen and oxygen atoms in total. The molecule has 162 valence electrons. The molecule has 0 bridgehead atoms. The van der Waals surface area contributed by atoms with Crippen LogP contribution in [0.3, 0.4) is 0 Å². The Hall–Kier alpha value is -3.78. The standard InChI is InChI=1S/C24H22N4O3S/c1-2-3-14-31-23-13-10-17-6-4-5-7-20(17)21(23)15-25-27-24-26-22(16-32-24)18-8-11-19(12-9-18)28(29)30/h4-13,15-16H,2-3,14H2,1H3,(H,26,27)/b25-15+. The van der Waals surface area contributed by atoms with E-state index < -0.39 is 4.92 Å². The highest BCUT2D eigenvalue weighted by molar-refractivity contribution is 7.14. The maximum absolute atomic E-state index is 10.8. The molecular formula is C24H22N4O3S. The zero-order chi connectivity index (χ0) is 22.3. The number of hydrogen-bond acceptors (Lipinski definition) is 7. The number of benzene rings is 3. The summed E-state index contributed by atoms with van der Waals surface area (Å²) in [6, 6.07) is 18.5. The van der Waals surface area contributed by atoms with Crippen LogP contribution in [0, 0.1) is 10.1 Å². The van der Waals surface area contributed by atoms with Crippen molar-refractivity contribution in [2.24, 2.45) is 5.10 Å². The molecule has 3 aromatic carbocycles. The van der Waals surface area contributed by atoms with Crippen molar-refractivity contribution >= 4 is 39.1 Å². The van der Waals surface area contributed by atoms with Gasteiger partial charge in [0.25, 0.3) is 5.69 Å². The van der Waals surface area contributed by atoms with E-state index in [0.29, 0.717) is 11.7 Å². The fraction of sp³-hybridized carbons (Fsp3) is 0.167. The molecular weight excluding hydrogens is 424 g/mol. The fourth-order valence-electron chi connectivity index (χ4n) is 3.22. The van der Waals surface area contributed by atoms with Crippen LogP contribution in [0.15, 0.2) is 71.1 Å². The Labute approximate surface area is 189 Å². The fourth-order valence-corrected chi connectivity index (χ4v) is 3.89. The third-order valence-electron chi connectivity index (χ3n) is 4.92. The van der Waals surface area contributed by atoms with Gasteiger partial charge in [-0.2, -0.15) is 5.10 Å². The highest BCUT2D eigenvalue weighted by Gasteiger charge is 2.09. The number of hydrazone groups is 1. The largest absolute Gasteiger partial charge is 0.493 e. The lowest BCUT2D eigenvalue weighted by molar-refractivity contribution is -0.384. The third-order valence-corrected chi connectivity index (χ3v) is 5.67. The zero-order valence-corrected chi connectivity index (χ0v) is 18.3. The molecule has 1 aromatic heterocycles. The summed E-state index contributed by atoms with van der Waals surface area (Å²) in [6.45, 7) is 2.79. The SMILES string of the molecule is CCCCOc1ccc2ccccc2c1/C=N/Nc1nc(-c2ccc([N+](=O)[O-])cc2)cs1. The number of unbranched alkanes of at least 4 members (excludes halogenated alkanes) is 1. The summed E-state index contributed by atoms with van der Waals surface area (Å²) in [4.78, 5) is 14.9. The number of thiazole rings is 1. The van der Waals surface area contributed by atoms with Crippen molar-refractivity contribution in [3.8, 4) is 17.0 Å². The number of aromatic nitrogens is 1. The molecule has 8 heteroatoms. The Morgan fingerprint density at radius 2 is 1.97 bits per heavy atom. The van der Waals surface area contributed by atoms with E-state index in [0.717, 1.165) is 46.2 Å². The molecule has 0 fully saturated rings. The number of rotatable bonds is 9. The lowest BCUT2D eigenvalue weighted by Gasteiger charge is -2.11. The van der Waals surface area contributed by atoms with Gasteiger partial charge in [-0.1, -0.05) is 43.7 Å². The van der Waals surface area contributed by atoms with Gasteiger partial charge in [0.15, 0.2) is 0 Å². The summed E-state index contributed by atoms with van der Waals surface area (Å²) in [6.07, 6.45) is 3.82. The van der Waals surface area contributed by atoms with Crippen LogP contribution in [0.4, 0.5) is 10.8 Å². The predicted molar refractivity (Wildman–Crippen MR) is 130 cm³/mol. The van der Waals surface area contributed by atoms with E-state index in [1.165, 1.54) is 23.5 Å². The van der Waals surface area contributed by atoms with Gasteiger partial charge in [0, 0.05) is 28.6 Å². The van der Waals surface area contributed by atoms with Crippen molar-refractivity contribution in [1.29, 1.82) is 0 Å². The molecule has 0 saturated carbocycles. The third kappa shape index (κ3) is 4.92. The second-order valence-electron chi connectivity index (χ2n) is 7.11. The number of fused-ring (bicyclic) bond motifs is 1. The molecule has 0 aliphatic heterocycles. The maximum Gasteiger partial charge on any atom is 0.269 e. The average Bonchev–Trinajstić information content (AvgIpc) is 3.29. The van der Waals surface area contributed by atoms with Gasteiger partial charge in [-0.3, -0.25) is 15.5 Å². The highest BCUT2D eigenvalue weighted by Crippen LogP contribution is 2.28. The Morgan fingerprint density at radius 1 is 1.16 bits per heavy atom. The predicted octanol–water partition coefficient (Wildman–Crippen LogP) is 6.50. The molecule has 0 amide bonds.